The number of carbonyl (C=O) groups is 1. The standard InChI is InChI=1S/C12H10N2O2/c15-11-3-1-2-10(8-11)14-12(16)9-4-6-13-7-5-9/h1-8,15H,(H,14,16). The minimum atomic E-state index is -0.229. The van der Waals surface area contributed by atoms with Gasteiger partial charge in [-0.25, -0.2) is 0 Å². The zero-order chi connectivity index (χ0) is 11.4. The summed E-state index contributed by atoms with van der Waals surface area (Å²) in [7, 11) is 0. The van der Waals surface area contributed by atoms with E-state index in [1.54, 1.807) is 42.7 Å². The molecule has 0 spiro atoms. The van der Waals surface area contributed by atoms with Gasteiger partial charge in [0.15, 0.2) is 0 Å². The van der Waals surface area contributed by atoms with Crippen LogP contribution in [0.2, 0.25) is 0 Å². The highest BCUT2D eigenvalue weighted by Gasteiger charge is 2.04. The van der Waals surface area contributed by atoms with Crippen LogP contribution in [0.25, 0.3) is 0 Å². The van der Waals surface area contributed by atoms with Crippen LogP contribution in [0.3, 0.4) is 0 Å². The molecular weight excluding hydrogens is 204 g/mol. The molecule has 1 amide bonds. The Labute approximate surface area is 92.6 Å². The van der Waals surface area contributed by atoms with Crippen LogP contribution in [0, 0.1) is 0 Å². The maximum absolute atomic E-state index is 11.7. The lowest BCUT2D eigenvalue weighted by Gasteiger charge is -2.04. The number of anilines is 1. The van der Waals surface area contributed by atoms with Crippen molar-refractivity contribution in [3.8, 4) is 5.75 Å². The van der Waals surface area contributed by atoms with Gasteiger partial charge in [0, 0.05) is 29.7 Å². The van der Waals surface area contributed by atoms with Crippen molar-refractivity contribution in [1.29, 1.82) is 0 Å². The summed E-state index contributed by atoms with van der Waals surface area (Å²) < 4.78 is 0. The van der Waals surface area contributed by atoms with Gasteiger partial charge in [-0.3, -0.25) is 9.78 Å². The molecule has 1 aromatic carbocycles. The number of hydrogen-bond acceptors (Lipinski definition) is 3. The molecule has 1 aromatic heterocycles. The first kappa shape index (κ1) is 10.2. The van der Waals surface area contributed by atoms with Crippen molar-refractivity contribution in [1.82, 2.24) is 4.98 Å². The van der Waals surface area contributed by atoms with Crippen LogP contribution in [-0.4, -0.2) is 16.0 Å². The molecule has 0 unspecified atom stereocenters. The molecule has 0 aliphatic heterocycles. The normalized spacial score (nSPS) is 9.75. The highest BCUT2D eigenvalue weighted by atomic mass is 16.3. The first-order valence-electron chi connectivity index (χ1n) is 4.76. The van der Waals surface area contributed by atoms with E-state index in [2.05, 4.69) is 10.3 Å². The number of amides is 1. The van der Waals surface area contributed by atoms with E-state index < -0.39 is 0 Å². The minimum absolute atomic E-state index is 0.118. The summed E-state index contributed by atoms with van der Waals surface area (Å²) in [5.74, 6) is -0.111. The van der Waals surface area contributed by atoms with E-state index >= 15 is 0 Å². The molecular formula is C12H10N2O2. The van der Waals surface area contributed by atoms with E-state index in [4.69, 9.17) is 0 Å². The van der Waals surface area contributed by atoms with Gasteiger partial charge in [-0.15, -0.1) is 0 Å². The van der Waals surface area contributed by atoms with Crippen LogP contribution in [-0.2, 0) is 0 Å². The van der Waals surface area contributed by atoms with Crippen LogP contribution in [0.15, 0.2) is 48.8 Å². The smallest absolute Gasteiger partial charge is 0.255 e. The van der Waals surface area contributed by atoms with E-state index in [-0.39, 0.29) is 11.7 Å². The second kappa shape index (κ2) is 4.44. The van der Waals surface area contributed by atoms with Crippen molar-refractivity contribution < 1.29 is 9.90 Å². The molecule has 0 fully saturated rings. The van der Waals surface area contributed by atoms with Crippen LogP contribution in [0.1, 0.15) is 10.4 Å². The van der Waals surface area contributed by atoms with Crippen molar-refractivity contribution >= 4 is 11.6 Å². The highest BCUT2D eigenvalue weighted by molar-refractivity contribution is 6.04. The quantitative estimate of drug-likeness (QED) is 0.804. The molecule has 0 radical (unpaired) electrons. The number of phenolic OH excluding ortho intramolecular Hbond substituents is 1. The van der Waals surface area contributed by atoms with Crippen molar-refractivity contribution in [2.75, 3.05) is 5.32 Å². The average Bonchev–Trinajstić information content (AvgIpc) is 2.30. The number of carbonyl (C=O) groups excluding carboxylic acids is 1. The maximum Gasteiger partial charge on any atom is 0.255 e. The SMILES string of the molecule is O=C(Nc1cccc(O)c1)c1ccncc1. The summed E-state index contributed by atoms with van der Waals surface area (Å²) in [6.07, 6.45) is 3.11. The Kier molecular flexibility index (Phi) is 2.82. The van der Waals surface area contributed by atoms with Crippen LogP contribution >= 0.6 is 0 Å². The molecule has 2 rings (SSSR count). The van der Waals surface area contributed by atoms with Crippen LogP contribution < -0.4 is 5.32 Å². The van der Waals surface area contributed by atoms with Crippen LogP contribution in [0.5, 0.6) is 5.75 Å². The van der Waals surface area contributed by atoms with E-state index in [0.717, 1.165) is 0 Å². The third-order valence-electron chi connectivity index (χ3n) is 2.05. The number of nitrogens with zero attached hydrogens (tertiary/aromatic N) is 1. The molecule has 4 heteroatoms. The third kappa shape index (κ3) is 2.36. The Hall–Kier alpha value is -2.36. The second-order valence-electron chi connectivity index (χ2n) is 3.24. The summed E-state index contributed by atoms with van der Waals surface area (Å²) in [5.41, 5.74) is 1.08. The van der Waals surface area contributed by atoms with E-state index in [0.29, 0.717) is 11.3 Å². The molecule has 0 atom stereocenters. The number of pyridine rings is 1. The van der Waals surface area contributed by atoms with Gasteiger partial charge in [0.05, 0.1) is 0 Å². The van der Waals surface area contributed by atoms with Gasteiger partial charge in [-0.1, -0.05) is 6.07 Å². The van der Waals surface area contributed by atoms with Gasteiger partial charge in [-0.2, -0.15) is 0 Å². The van der Waals surface area contributed by atoms with E-state index in [9.17, 15) is 9.90 Å². The first-order chi connectivity index (χ1) is 7.75. The molecule has 0 saturated carbocycles. The lowest BCUT2D eigenvalue weighted by Crippen LogP contribution is -2.11. The van der Waals surface area contributed by atoms with Crippen molar-refractivity contribution in [2.24, 2.45) is 0 Å². The maximum atomic E-state index is 11.7. The predicted molar refractivity (Wildman–Crippen MR) is 60.3 cm³/mol. The van der Waals surface area contributed by atoms with Crippen LogP contribution in [0.4, 0.5) is 5.69 Å². The topological polar surface area (TPSA) is 62.2 Å². The molecule has 2 aromatic rings. The molecule has 0 bridgehead atoms. The van der Waals surface area contributed by atoms with E-state index in [1.165, 1.54) is 6.07 Å². The fraction of sp³-hybridized carbons (Fsp3) is 0. The first-order valence-corrected chi connectivity index (χ1v) is 4.76. The summed E-state index contributed by atoms with van der Waals surface area (Å²) in [4.78, 5) is 15.5. The number of nitrogens with one attached hydrogen (secondary N) is 1. The Bertz CT molecular complexity index is 497. The molecule has 0 aliphatic carbocycles. The number of phenols is 1. The molecule has 0 aliphatic rings. The van der Waals surface area contributed by atoms with E-state index in [1.807, 2.05) is 0 Å². The van der Waals surface area contributed by atoms with Gasteiger partial charge >= 0.3 is 0 Å². The zero-order valence-corrected chi connectivity index (χ0v) is 8.42. The van der Waals surface area contributed by atoms with Crippen molar-refractivity contribution in [3.63, 3.8) is 0 Å². The van der Waals surface area contributed by atoms with Gasteiger partial charge in [0.25, 0.3) is 5.91 Å². The summed E-state index contributed by atoms with van der Waals surface area (Å²) in [6, 6.07) is 9.65. The molecule has 2 N–H and O–H groups in total. The van der Waals surface area contributed by atoms with Gasteiger partial charge in [0.1, 0.15) is 5.75 Å². The summed E-state index contributed by atoms with van der Waals surface area (Å²) >= 11 is 0. The lowest BCUT2D eigenvalue weighted by molar-refractivity contribution is 0.102. The molecule has 4 nitrogen and oxygen atoms in total. The summed E-state index contributed by atoms with van der Waals surface area (Å²) in [6.45, 7) is 0. The number of aromatic nitrogens is 1. The Morgan fingerprint density at radius 1 is 1.19 bits per heavy atom. The monoisotopic (exact) mass is 214 g/mol. The molecule has 0 saturated heterocycles. The largest absolute Gasteiger partial charge is 0.508 e. The number of aromatic hydroxyl groups is 1. The summed E-state index contributed by atoms with van der Waals surface area (Å²) in [5, 5.41) is 11.9. The number of benzene rings is 1. The van der Waals surface area contributed by atoms with Crippen molar-refractivity contribution in [2.45, 2.75) is 0 Å². The van der Waals surface area contributed by atoms with Gasteiger partial charge in [-0.05, 0) is 24.3 Å². The van der Waals surface area contributed by atoms with Gasteiger partial charge < -0.3 is 10.4 Å². The lowest BCUT2D eigenvalue weighted by atomic mass is 10.2. The minimum Gasteiger partial charge on any atom is -0.508 e. The highest BCUT2D eigenvalue weighted by Crippen LogP contribution is 2.16. The number of rotatable bonds is 2. The number of hydrogen-bond donors (Lipinski definition) is 2. The van der Waals surface area contributed by atoms with Gasteiger partial charge in [0.2, 0.25) is 0 Å². The Morgan fingerprint density at radius 3 is 2.62 bits per heavy atom. The molecule has 16 heavy (non-hydrogen) atoms. The Balaban J connectivity index is 2.14. The Morgan fingerprint density at radius 2 is 1.94 bits per heavy atom. The fourth-order valence-electron chi connectivity index (χ4n) is 1.29. The fourth-order valence-corrected chi connectivity index (χ4v) is 1.29. The molecule has 1 heterocycles. The third-order valence-corrected chi connectivity index (χ3v) is 2.05. The zero-order valence-electron chi connectivity index (χ0n) is 8.42. The predicted octanol–water partition coefficient (Wildman–Crippen LogP) is 2.04. The van der Waals surface area contributed by atoms with Crippen molar-refractivity contribution in [3.05, 3.63) is 54.4 Å². The second-order valence-corrected chi connectivity index (χ2v) is 3.24. The average molecular weight is 214 g/mol. The molecule has 80 valence electrons.